The molecule has 1 atom stereocenters. The van der Waals surface area contributed by atoms with Crippen LogP contribution in [0.1, 0.15) is 18.9 Å². The van der Waals surface area contributed by atoms with Crippen LogP contribution in [-0.2, 0) is 16.4 Å². The first kappa shape index (κ1) is 16.1. The average molecular weight is 288 g/mol. The summed E-state index contributed by atoms with van der Waals surface area (Å²) in [5.74, 6) is -0.175. The highest BCUT2D eigenvalue weighted by molar-refractivity contribution is 7.89. The van der Waals surface area contributed by atoms with Crippen molar-refractivity contribution in [2.75, 3.05) is 19.3 Å². The Morgan fingerprint density at radius 2 is 1.89 bits per heavy atom. The van der Waals surface area contributed by atoms with Crippen molar-refractivity contribution in [2.24, 2.45) is 0 Å². The Bertz CT molecular complexity index is 474. The summed E-state index contributed by atoms with van der Waals surface area (Å²) in [6.45, 7) is 2.48. The highest BCUT2D eigenvalue weighted by Gasteiger charge is 2.14. The summed E-state index contributed by atoms with van der Waals surface area (Å²) in [6.07, 6.45) is 1.13. The fraction of sp³-hybridized carbons (Fsp3) is 0.538. The summed E-state index contributed by atoms with van der Waals surface area (Å²) < 4.78 is 38.9. The molecule has 0 saturated heterocycles. The lowest BCUT2D eigenvalue weighted by atomic mass is 10.1. The molecule has 1 aromatic rings. The summed E-state index contributed by atoms with van der Waals surface area (Å²) in [5, 5.41) is 2.91. The zero-order valence-corrected chi connectivity index (χ0v) is 12.1. The molecule has 1 rings (SSSR count). The third kappa shape index (κ3) is 6.66. The van der Waals surface area contributed by atoms with Gasteiger partial charge in [0, 0.05) is 6.04 Å². The fourth-order valence-electron chi connectivity index (χ4n) is 1.82. The monoisotopic (exact) mass is 288 g/mol. The van der Waals surface area contributed by atoms with Gasteiger partial charge in [0.05, 0.1) is 5.75 Å². The standard InChI is InChI=1S/C13H21FN2O2S/c1-11(10-12-4-6-13(14)7-5-12)16-19(17,18)9-3-8-15-2/h4-7,11,15-16H,3,8-10H2,1-2H3. The van der Waals surface area contributed by atoms with E-state index in [0.29, 0.717) is 19.4 Å². The third-order valence-corrected chi connectivity index (χ3v) is 4.26. The molecule has 0 aliphatic carbocycles. The predicted octanol–water partition coefficient (Wildman–Crippen LogP) is 1.29. The molecular weight excluding hydrogens is 267 g/mol. The quantitative estimate of drug-likeness (QED) is 0.709. The second-order valence-electron chi connectivity index (χ2n) is 4.63. The minimum atomic E-state index is -3.25. The molecule has 6 heteroatoms. The van der Waals surface area contributed by atoms with Crippen LogP contribution in [0, 0.1) is 5.82 Å². The van der Waals surface area contributed by atoms with Crippen molar-refractivity contribution in [3.8, 4) is 0 Å². The van der Waals surface area contributed by atoms with Crippen LogP contribution >= 0.6 is 0 Å². The molecule has 0 amide bonds. The van der Waals surface area contributed by atoms with Crippen molar-refractivity contribution in [3.63, 3.8) is 0 Å². The molecule has 1 unspecified atom stereocenters. The van der Waals surface area contributed by atoms with E-state index >= 15 is 0 Å². The van der Waals surface area contributed by atoms with Gasteiger partial charge in [-0.1, -0.05) is 12.1 Å². The Hall–Kier alpha value is -0.980. The molecule has 1 aromatic carbocycles. The molecule has 4 nitrogen and oxygen atoms in total. The van der Waals surface area contributed by atoms with E-state index in [2.05, 4.69) is 10.0 Å². The van der Waals surface area contributed by atoms with E-state index in [1.807, 2.05) is 0 Å². The molecule has 0 bridgehead atoms. The van der Waals surface area contributed by atoms with Gasteiger partial charge in [0.15, 0.2) is 0 Å². The average Bonchev–Trinajstić information content (AvgIpc) is 2.31. The van der Waals surface area contributed by atoms with Gasteiger partial charge in [0.1, 0.15) is 5.82 Å². The molecule has 0 radical (unpaired) electrons. The van der Waals surface area contributed by atoms with E-state index in [-0.39, 0.29) is 17.6 Å². The van der Waals surface area contributed by atoms with Gasteiger partial charge in [0.2, 0.25) is 10.0 Å². The molecule has 0 fully saturated rings. The molecule has 0 saturated carbocycles. The minimum absolute atomic E-state index is 0.113. The van der Waals surface area contributed by atoms with Crippen LogP contribution in [0.3, 0.4) is 0 Å². The number of sulfonamides is 1. The molecule has 0 aromatic heterocycles. The first-order valence-electron chi connectivity index (χ1n) is 6.32. The maximum Gasteiger partial charge on any atom is 0.211 e. The van der Waals surface area contributed by atoms with Gasteiger partial charge in [-0.05, 0) is 51.1 Å². The number of nitrogens with one attached hydrogen (secondary N) is 2. The van der Waals surface area contributed by atoms with Gasteiger partial charge >= 0.3 is 0 Å². The predicted molar refractivity (Wildman–Crippen MR) is 75.0 cm³/mol. The zero-order chi connectivity index (χ0) is 14.3. The van der Waals surface area contributed by atoms with Crippen molar-refractivity contribution >= 4 is 10.0 Å². The van der Waals surface area contributed by atoms with E-state index in [1.165, 1.54) is 12.1 Å². The Morgan fingerprint density at radius 1 is 1.26 bits per heavy atom. The second kappa shape index (κ2) is 7.57. The summed E-state index contributed by atoms with van der Waals surface area (Å²) in [6, 6.07) is 5.89. The van der Waals surface area contributed by atoms with Gasteiger partial charge in [-0.15, -0.1) is 0 Å². The largest absolute Gasteiger partial charge is 0.320 e. The first-order chi connectivity index (χ1) is 8.93. The molecule has 0 aliphatic rings. The van der Waals surface area contributed by atoms with Crippen molar-refractivity contribution in [2.45, 2.75) is 25.8 Å². The second-order valence-corrected chi connectivity index (χ2v) is 6.50. The molecular formula is C13H21FN2O2S. The van der Waals surface area contributed by atoms with Crippen LogP contribution in [0.25, 0.3) is 0 Å². The Morgan fingerprint density at radius 3 is 2.47 bits per heavy atom. The number of hydrogen-bond acceptors (Lipinski definition) is 3. The molecule has 0 heterocycles. The Kier molecular flexibility index (Phi) is 6.41. The smallest absolute Gasteiger partial charge is 0.211 e. The van der Waals surface area contributed by atoms with E-state index in [0.717, 1.165) is 5.56 Å². The lowest BCUT2D eigenvalue weighted by Gasteiger charge is -2.14. The Balaban J connectivity index is 2.45. The molecule has 0 aliphatic heterocycles. The van der Waals surface area contributed by atoms with Crippen LogP contribution in [0.4, 0.5) is 4.39 Å². The van der Waals surface area contributed by atoms with Crippen molar-refractivity contribution in [1.82, 2.24) is 10.0 Å². The van der Waals surface area contributed by atoms with Gasteiger partial charge in [-0.2, -0.15) is 0 Å². The van der Waals surface area contributed by atoms with E-state index < -0.39 is 10.0 Å². The number of benzene rings is 1. The van der Waals surface area contributed by atoms with Gasteiger partial charge in [-0.25, -0.2) is 17.5 Å². The Labute approximate surface area is 114 Å². The normalized spacial score (nSPS) is 13.4. The summed E-state index contributed by atoms with van der Waals surface area (Å²) in [4.78, 5) is 0. The van der Waals surface area contributed by atoms with Crippen LogP contribution in [-0.4, -0.2) is 33.8 Å². The SMILES string of the molecule is CNCCCS(=O)(=O)NC(C)Cc1ccc(F)cc1. The summed E-state index contributed by atoms with van der Waals surface area (Å²) in [5.41, 5.74) is 0.909. The van der Waals surface area contributed by atoms with Crippen LogP contribution in [0.5, 0.6) is 0 Å². The fourth-order valence-corrected chi connectivity index (χ4v) is 3.16. The van der Waals surface area contributed by atoms with Crippen LogP contribution in [0.2, 0.25) is 0 Å². The molecule has 0 spiro atoms. The maximum absolute atomic E-state index is 12.8. The van der Waals surface area contributed by atoms with Crippen LogP contribution < -0.4 is 10.0 Å². The van der Waals surface area contributed by atoms with E-state index in [1.54, 1.807) is 26.1 Å². The highest BCUT2D eigenvalue weighted by atomic mass is 32.2. The molecule has 2 N–H and O–H groups in total. The number of rotatable bonds is 8. The number of halogens is 1. The molecule has 108 valence electrons. The van der Waals surface area contributed by atoms with E-state index in [4.69, 9.17) is 0 Å². The third-order valence-electron chi connectivity index (χ3n) is 2.68. The summed E-state index contributed by atoms with van der Waals surface area (Å²) >= 11 is 0. The first-order valence-corrected chi connectivity index (χ1v) is 7.97. The van der Waals surface area contributed by atoms with Gasteiger partial charge in [0.25, 0.3) is 0 Å². The van der Waals surface area contributed by atoms with Crippen molar-refractivity contribution < 1.29 is 12.8 Å². The topological polar surface area (TPSA) is 58.2 Å². The van der Waals surface area contributed by atoms with Crippen molar-refractivity contribution in [3.05, 3.63) is 35.6 Å². The van der Waals surface area contributed by atoms with Crippen LogP contribution in [0.15, 0.2) is 24.3 Å². The minimum Gasteiger partial charge on any atom is -0.320 e. The summed E-state index contributed by atoms with van der Waals surface area (Å²) in [7, 11) is -1.46. The molecule has 19 heavy (non-hydrogen) atoms. The van der Waals surface area contributed by atoms with E-state index in [9.17, 15) is 12.8 Å². The lowest BCUT2D eigenvalue weighted by Crippen LogP contribution is -2.36. The van der Waals surface area contributed by atoms with Crippen molar-refractivity contribution in [1.29, 1.82) is 0 Å². The maximum atomic E-state index is 12.8. The zero-order valence-electron chi connectivity index (χ0n) is 11.3. The van der Waals surface area contributed by atoms with Gasteiger partial charge < -0.3 is 5.32 Å². The van der Waals surface area contributed by atoms with Gasteiger partial charge in [-0.3, -0.25) is 0 Å². The lowest BCUT2D eigenvalue weighted by molar-refractivity contribution is 0.556. The highest BCUT2D eigenvalue weighted by Crippen LogP contribution is 2.06. The number of hydrogen-bond donors (Lipinski definition) is 2.